The highest BCUT2D eigenvalue weighted by atomic mass is 35.5. The lowest BCUT2D eigenvalue weighted by molar-refractivity contribution is -0.137. The fourth-order valence-electron chi connectivity index (χ4n) is 1.98. The first-order valence-electron chi connectivity index (χ1n) is 7.61. The van der Waals surface area contributed by atoms with Gasteiger partial charge >= 0.3 is 6.18 Å². The van der Waals surface area contributed by atoms with Crippen LogP contribution in [0.5, 0.6) is 0 Å². The first-order chi connectivity index (χ1) is 11.7. The van der Waals surface area contributed by atoms with Crippen molar-refractivity contribution in [3.63, 3.8) is 0 Å². The van der Waals surface area contributed by atoms with E-state index in [1.165, 1.54) is 18.3 Å². The van der Waals surface area contributed by atoms with Gasteiger partial charge < -0.3 is 10.6 Å². The van der Waals surface area contributed by atoms with Crippen LogP contribution in [0.15, 0.2) is 36.5 Å². The van der Waals surface area contributed by atoms with E-state index in [0.29, 0.717) is 5.56 Å². The molecule has 0 spiro atoms. The van der Waals surface area contributed by atoms with Crippen LogP contribution in [0, 0.1) is 0 Å². The Morgan fingerprint density at radius 2 is 2.00 bits per heavy atom. The number of hydrogen-bond acceptors (Lipinski definition) is 3. The molecule has 0 saturated carbocycles. The molecule has 2 aromatic rings. The highest BCUT2D eigenvalue weighted by molar-refractivity contribution is 6.33. The molecule has 2 rings (SSSR count). The highest BCUT2D eigenvalue weighted by Gasteiger charge is 2.31. The smallest absolute Gasteiger partial charge is 0.350 e. The zero-order valence-corrected chi connectivity index (χ0v) is 14.4. The van der Waals surface area contributed by atoms with Gasteiger partial charge in [0.1, 0.15) is 5.82 Å². The van der Waals surface area contributed by atoms with Crippen LogP contribution in [0.3, 0.4) is 0 Å². The Labute approximate surface area is 148 Å². The van der Waals surface area contributed by atoms with Crippen molar-refractivity contribution in [1.82, 2.24) is 10.3 Å². The fourth-order valence-corrected chi connectivity index (χ4v) is 2.15. The second kappa shape index (κ2) is 7.74. The molecule has 1 aromatic carbocycles. The van der Waals surface area contributed by atoms with E-state index in [2.05, 4.69) is 15.6 Å². The SMILES string of the molecule is CCC(C)NC(=O)c1ccnc(Nc2cc(C(F)(F)F)ccc2Cl)c1. The molecular weight excluding hydrogens is 355 g/mol. The minimum absolute atomic E-state index is 0.00925. The summed E-state index contributed by atoms with van der Waals surface area (Å²) >= 11 is 5.95. The molecule has 4 nitrogen and oxygen atoms in total. The number of amides is 1. The normalized spacial score (nSPS) is 12.6. The molecule has 1 atom stereocenters. The van der Waals surface area contributed by atoms with Crippen LogP contribution in [-0.4, -0.2) is 16.9 Å². The number of alkyl halides is 3. The van der Waals surface area contributed by atoms with E-state index < -0.39 is 11.7 Å². The van der Waals surface area contributed by atoms with Crippen molar-refractivity contribution < 1.29 is 18.0 Å². The van der Waals surface area contributed by atoms with Crippen LogP contribution in [0.4, 0.5) is 24.7 Å². The Morgan fingerprint density at radius 1 is 1.28 bits per heavy atom. The second-order valence-corrected chi connectivity index (χ2v) is 5.94. The summed E-state index contributed by atoms with van der Waals surface area (Å²) in [6.07, 6.45) is -2.30. The number of nitrogens with one attached hydrogen (secondary N) is 2. The topological polar surface area (TPSA) is 54.0 Å². The van der Waals surface area contributed by atoms with Gasteiger partial charge in [-0.1, -0.05) is 18.5 Å². The van der Waals surface area contributed by atoms with Gasteiger partial charge in [-0.05, 0) is 43.7 Å². The standard InChI is InChI=1S/C17H17ClF3N3O/c1-3-10(2)23-16(25)11-6-7-22-15(8-11)24-14-9-12(17(19,20)21)4-5-13(14)18/h4-10H,3H2,1-2H3,(H,22,24)(H,23,25). The van der Waals surface area contributed by atoms with Gasteiger partial charge in [0.2, 0.25) is 0 Å². The van der Waals surface area contributed by atoms with Gasteiger partial charge in [0.15, 0.2) is 0 Å². The second-order valence-electron chi connectivity index (χ2n) is 5.53. The third kappa shape index (κ3) is 5.09. The number of aromatic nitrogens is 1. The van der Waals surface area contributed by atoms with E-state index in [9.17, 15) is 18.0 Å². The molecule has 0 aliphatic rings. The van der Waals surface area contributed by atoms with Gasteiger partial charge in [0.05, 0.1) is 16.3 Å². The number of benzene rings is 1. The molecule has 0 bridgehead atoms. The monoisotopic (exact) mass is 371 g/mol. The number of anilines is 2. The van der Waals surface area contributed by atoms with Gasteiger partial charge in [0, 0.05) is 17.8 Å². The summed E-state index contributed by atoms with van der Waals surface area (Å²) < 4.78 is 38.5. The molecule has 8 heteroatoms. The van der Waals surface area contributed by atoms with E-state index in [4.69, 9.17) is 11.6 Å². The highest BCUT2D eigenvalue weighted by Crippen LogP contribution is 2.34. The van der Waals surface area contributed by atoms with Crippen molar-refractivity contribution in [2.24, 2.45) is 0 Å². The van der Waals surface area contributed by atoms with E-state index >= 15 is 0 Å². The third-order valence-electron chi connectivity index (χ3n) is 3.57. The van der Waals surface area contributed by atoms with E-state index in [-0.39, 0.29) is 28.5 Å². The number of nitrogens with zero attached hydrogens (tertiary/aromatic N) is 1. The number of rotatable bonds is 5. The van der Waals surface area contributed by atoms with E-state index in [1.54, 1.807) is 0 Å². The summed E-state index contributed by atoms with van der Waals surface area (Å²) in [5.74, 6) is -0.0621. The van der Waals surface area contributed by atoms with Crippen molar-refractivity contribution in [3.8, 4) is 0 Å². The fraction of sp³-hybridized carbons (Fsp3) is 0.294. The minimum atomic E-state index is -4.48. The zero-order valence-electron chi connectivity index (χ0n) is 13.6. The lowest BCUT2D eigenvalue weighted by atomic mass is 10.2. The third-order valence-corrected chi connectivity index (χ3v) is 3.90. The van der Waals surface area contributed by atoms with Crippen LogP contribution >= 0.6 is 11.6 Å². The Hall–Kier alpha value is -2.28. The predicted octanol–water partition coefficient (Wildman–Crippen LogP) is 5.03. The summed E-state index contributed by atoms with van der Waals surface area (Å²) in [4.78, 5) is 16.1. The van der Waals surface area contributed by atoms with Gasteiger partial charge in [-0.2, -0.15) is 13.2 Å². The van der Waals surface area contributed by atoms with Gasteiger partial charge in [-0.3, -0.25) is 4.79 Å². The van der Waals surface area contributed by atoms with Crippen LogP contribution in [-0.2, 0) is 6.18 Å². The summed E-state index contributed by atoms with van der Waals surface area (Å²) in [7, 11) is 0. The molecule has 134 valence electrons. The summed E-state index contributed by atoms with van der Waals surface area (Å²) in [5, 5.41) is 5.65. The maximum Gasteiger partial charge on any atom is 0.416 e. The molecule has 0 radical (unpaired) electrons. The van der Waals surface area contributed by atoms with Crippen molar-refractivity contribution in [2.75, 3.05) is 5.32 Å². The molecule has 1 unspecified atom stereocenters. The van der Waals surface area contributed by atoms with Gasteiger partial charge in [0.25, 0.3) is 5.91 Å². The lowest BCUT2D eigenvalue weighted by Crippen LogP contribution is -2.31. The first kappa shape index (κ1) is 19.1. The molecule has 0 saturated heterocycles. The number of halogens is 4. The van der Waals surface area contributed by atoms with Crippen LogP contribution in [0.2, 0.25) is 5.02 Å². The molecule has 0 aliphatic heterocycles. The van der Waals surface area contributed by atoms with Gasteiger partial charge in [-0.25, -0.2) is 4.98 Å². The quantitative estimate of drug-likeness (QED) is 0.775. The first-order valence-corrected chi connectivity index (χ1v) is 7.99. The van der Waals surface area contributed by atoms with E-state index in [0.717, 1.165) is 24.6 Å². The summed E-state index contributed by atoms with van der Waals surface area (Å²) in [6, 6.07) is 5.94. The van der Waals surface area contributed by atoms with Crippen LogP contribution < -0.4 is 10.6 Å². The largest absolute Gasteiger partial charge is 0.416 e. The number of pyridine rings is 1. The Morgan fingerprint density at radius 3 is 2.64 bits per heavy atom. The van der Waals surface area contributed by atoms with Crippen molar-refractivity contribution in [1.29, 1.82) is 0 Å². The summed E-state index contributed by atoms with van der Waals surface area (Å²) in [5.41, 5.74) is -0.422. The predicted molar refractivity (Wildman–Crippen MR) is 91.2 cm³/mol. The van der Waals surface area contributed by atoms with Crippen LogP contribution in [0.25, 0.3) is 0 Å². The lowest BCUT2D eigenvalue weighted by Gasteiger charge is -2.14. The number of hydrogen-bond donors (Lipinski definition) is 2. The molecule has 0 fully saturated rings. The van der Waals surface area contributed by atoms with Crippen LogP contribution in [0.1, 0.15) is 36.2 Å². The molecule has 0 aliphatic carbocycles. The zero-order chi connectivity index (χ0) is 18.6. The Balaban J connectivity index is 2.24. The Kier molecular flexibility index (Phi) is 5.89. The molecule has 1 heterocycles. The van der Waals surface area contributed by atoms with E-state index in [1.807, 2.05) is 13.8 Å². The minimum Gasteiger partial charge on any atom is -0.350 e. The molecule has 25 heavy (non-hydrogen) atoms. The maximum absolute atomic E-state index is 12.8. The van der Waals surface area contributed by atoms with Crippen molar-refractivity contribution >= 4 is 29.0 Å². The van der Waals surface area contributed by atoms with Crippen molar-refractivity contribution in [3.05, 3.63) is 52.7 Å². The average Bonchev–Trinajstić information content (AvgIpc) is 2.56. The molecule has 1 aromatic heterocycles. The molecule has 2 N–H and O–H groups in total. The average molecular weight is 372 g/mol. The number of carbonyl (C=O) groups excluding carboxylic acids is 1. The number of carbonyl (C=O) groups is 1. The Bertz CT molecular complexity index is 765. The summed E-state index contributed by atoms with van der Waals surface area (Å²) in [6.45, 7) is 3.82. The molecular formula is C17H17ClF3N3O. The van der Waals surface area contributed by atoms with Gasteiger partial charge in [-0.15, -0.1) is 0 Å². The molecule has 1 amide bonds. The van der Waals surface area contributed by atoms with Crippen molar-refractivity contribution in [2.45, 2.75) is 32.5 Å². The maximum atomic E-state index is 12.8.